The summed E-state index contributed by atoms with van der Waals surface area (Å²) in [6.07, 6.45) is 4.97. The van der Waals surface area contributed by atoms with Crippen molar-refractivity contribution in [2.24, 2.45) is 23.3 Å². The Morgan fingerprint density at radius 1 is 1.28 bits per heavy atom. The third-order valence-electron chi connectivity index (χ3n) is 4.66. The molecule has 0 radical (unpaired) electrons. The molecule has 0 spiro atoms. The molecule has 0 aromatic rings. The fraction of sp³-hybridized carbons (Fsp3) is 0.929. The quantitative estimate of drug-likeness (QED) is 0.774. The molecular weight excluding hydrogens is 226 g/mol. The maximum atomic E-state index is 11.5. The van der Waals surface area contributed by atoms with E-state index in [1.165, 1.54) is 6.42 Å². The molecule has 2 rings (SSSR count). The number of piperidine rings is 1. The summed E-state index contributed by atoms with van der Waals surface area (Å²) >= 11 is 0. The second-order valence-electron chi connectivity index (χ2n) is 6.67. The molecule has 2 fully saturated rings. The van der Waals surface area contributed by atoms with Crippen molar-refractivity contribution in [3.8, 4) is 0 Å². The Bertz CT molecular complexity index is 310. The van der Waals surface area contributed by atoms with Crippen molar-refractivity contribution < 1.29 is 4.79 Å². The van der Waals surface area contributed by atoms with E-state index >= 15 is 0 Å². The minimum Gasteiger partial charge on any atom is -0.368 e. The zero-order valence-corrected chi connectivity index (χ0v) is 11.7. The van der Waals surface area contributed by atoms with E-state index in [2.05, 4.69) is 18.7 Å². The normalized spacial score (nSPS) is 42.7. The van der Waals surface area contributed by atoms with Gasteiger partial charge in [0.25, 0.3) is 0 Å². The van der Waals surface area contributed by atoms with E-state index < -0.39 is 5.54 Å². The van der Waals surface area contributed by atoms with Gasteiger partial charge in [-0.25, -0.2) is 0 Å². The van der Waals surface area contributed by atoms with E-state index in [-0.39, 0.29) is 5.91 Å². The Hall–Kier alpha value is -0.610. The molecule has 1 aliphatic carbocycles. The zero-order valence-electron chi connectivity index (χ0n) is 11.7. The van der Waals surface area contributed by atoms with Gasteiger partial charge in [-0.3, -0.25) is 9.69 Å². The number of rotatable bonds is 2. The van der Waals surface area contributed by atoms with E-state index in [9.17, 15) is 4.79 Å². The summed E-state index contributed by atoms with van der Waals surface area (Å²) in [7, 11) is 0. The van der Waals surface area contributed by atoms with Gasteiger partial charge in [-0.1, -0.05) is 13.8 Å². The van der Waals surface area contributed by atoms with E-state index in [4.69, 9.17) is 11.5 Å². The van der Waals surface area contributed by atoms with Crippen LogP contribution in [0.2, 0.25) is 0 Å². The lowest BCUT2D eigenvalue weighted by Gasteiger charge is -2.45. The summed E-state index contributed by atoms with van der Waals surface area (Å²) in [6.45, 7) is 6.91. The van der Waals surface area contributed by atoms with E-state index in [0.29, 0.717) is 6.04 Å². The van der Waals surface area contributed by atoms with Gasteiger partial charge in [0.05, 0.1) is 5.54 Å². The Labute approximate surface area is 110 Å². The van der Waals surface area contributed by atoms with Crippen LogP contribution in [0, 0.1) is 11.8 Å². The van der Waals surface area contributed by atoms with Gasteiger partial charge in [0, 0.05) is 19.1 Å². The molecule has 4 N–H and O–H groups in total. The molecule has 1 amide bonds. The molecule has 1 aliphatic heterocycles. The molecule has 0 aromatic heterocycles. The first-order valence-corrected chi connectivity index (χ1v) is 7.23. The summed E-state index contributed by atoms with van der Waals surface area (Å²) in [5, 5.41) is 0. The number of likely N-dealkylation sites (tertiary alicyclic amines) is 1. The summed E-state index contributed by atoms with van der Waals surface area (Å²) in [6, 6.07) is 0.446. The van der Waals surface area contributed by atoms with Crippen LogP contribution in [0.5, 0.6) is 0 Å². The van der Waals surface area contributed by atoms with Crippen LogP contribution in [0.3, 0.4) is 0 Å². The third kappa shape index (κ3) is 2.86. The molecule has 1 heterocycles. The van der Waals surface area contributed by atoms with Crippen molar-refractivity contribution in [2.75, 3.05) is 13.1 Å². The monoisotopic (exact) mass is 253 g/mol. The SMILES string of the molecule is CC1CC(C)CN(C2CCCC(N)(C(N)=O)C2)C1. The molecule has 1 saturated heterocycles. The van der Waals surface area contributed by atoms with E-state index in [0.717, 1.165) is 50.6 Å². The highest BCUT2D eigenvalue weighted by atomic mass is 16.1. The number of primary amides is 1. The largest absolute Gasteiger partial charge is 0.368 e. The maximum absolute atomic E-state index is 11.5. The maximum Gasteiger partial charge on any atom is 0.237 e. The van der Waals surface area contributed by atoms with Crippen molar-refractivity contribution in [1.29, 1.82) is 0 Å². The first-order valence-electron chi connectivity index (χ1n) is 7.23. The van der Waals surface area contributed by atoms with E-state index in [1.54, 1.807) is 0 Å². The Morgan fingerprint density at radius 2 is 1.89 bits per heavy atom. The summed E-state index contributed by atoms with van der Waals surface area (Å²) in [5.41, 5.74) is 10.9. The number of amides is 1. The number of hydrogen-bond acceptors (Lipinski definition) is 3. The third-order valence-corrected chi connectivity index (χ3v) is 4.66. The molecule has 104 valence electrons. The smallest absolute Gasteiger partial charge is 0.237 e. The number of nitrogens with zero attached hydrogens (tertiary/aromatic N) is 1. The highest BCUT2D eigenvalue weighted by Crippen LogP contribution is 2.32. The van der Waals surface area contributed by atoms with Gasteiger partial charge in [-0.2, -0.15) is 0 Å². The van der Waals surface area contributed by atoms with Crippen LogP contribution in [0.25, 0.3) is 0 Å². The van der Waals surface area contributed by atoms with Crippen LogP contribution >= 0.6 is 0 Å². The minimum absolute atomic E-state index is 0.328. The molecule has 1 saturated carbocycles. The summed E-state index contributed by atoms with van der Waals surface area (Å²) in [4.78, 5) is 14.1. The van der Waals surface area contributed by atoms with Crippen LogP contribution in [-0.2, 0) is 4.79 Å². The Morgan fingerprint density at radius 3 is 2.44 bits per heavy atom. The first kappa shape index (κ1) is 13.8. The molecule has 0 bridgehead atoms. The average molecular weight is 253 g/mol. The van der Waals surface area contributed by atoms with Crippen LogP contribution < -0.4 is 11.5 Å². The lowest BCUT2D eigenvalue weighted by atomic mass is 9.77. The predicted molar refractivity (Wildman–Crippen MR) is 72.9 cm³/mol. The van der Waals surface area contributed by atoms with Gasteiger partial charge in [-0.15, -0.1) is 0 Å². The number of carbonyl (C=O) groups is 1. The highest BCUT2D eigenvalue weighted by molar-refractivity contribution is 5.84. The standard InChI is InChI=1S/C14H27N3O/c1-10-6-11(2)9-17(8-10)12-4-3-5-14(16,7-12)13(15)18/h10-12H,3-9,16H2,1-2H3,(H2,15,18). The second-order valence-corrected chi connectivity index (χ2v) is 6.67. The van der Waals surface area contributed by atoms with Gasteiger partial charge in [0.15, 0.2) is 0 Å². The van der Waals surface area contributed by atoms with Crippen LogP contribution in [-0.4, -0.2) is 35.5 Å². The van der Waals surface area contributed by atoms with Gasteiger partial charge < -0.3 is 11.5 Å². The summed E-state index contributed by atoms with van der Waals surface area (Å²) < 4.78 is 0. The minimum atomic E-state index is -0.771. The van der Waals surface area contributed by atoms with Crippen LogP contribution in [0.15, 0.2) is 0 Å². The van der Waals surface area contributed by atoms with Gasteiger partial charge in [0.1, 0.15) is 0 Å². The molecule has 0 aromatic carbocycles. The van der Waals surface area contributed by atoms with Crippen LogP contribution in [0.4, 0.5) is 0 Å². The fourth-order valence-electron chi connectivity index (χ4n) is 3.82. The highest BCUT2D eigenvalue weighted by Gasteiger charge is 2.40. The van der Waals surface area contributed by atoms with Crippen molar-refractivity contribution in [2.45, 2.75) is 57.5 Å². The first-order chi connectivity index (χ1) is 8.40. The van der Waals surface area contributed by atoms with Gasteiger partial charge >= 0.3 is 0 Å². The topological polar surface area (TPSA) is 72.3 Å². The van der Waals surface area contributed by atoms with Crippen LogP contribution in [0.1, 0.15) is 46.0 Å². The number of hydrogen-bond donors (Lipinski definition) is 2. The molecule has 4 unspecified atom stereocenters. The van der Waals surface area contributed by atoms with Crippen molar-refractivity contribution >= 4 is 5.91 Å². The lowest BCUT2D eigenvalue weighted by Crippen LogP contribution is -2.59. The summed E-state index contributed by atoms with van der Waals surface area (Å²) in [5.74, 6) is 1.16. The fourth-order valence-corrected chi connectivity index (χ4v) is 3.82. The second kappa shape index (κ2) is 5.17. The van der Waals surface area contributed by atoms with Gasteiger partial charge in [0.2, 0.25) is 5.91 Å². The number of nitrogens with two attached hydrogens (primary N) is 2. The van der Waals surface area contributed by atoms with Crippen molar-refractivity contribution in [1.82, 2.24) is 4.90 Å². The van der Waals surface area contributed by atoms with E-state index in [1.807, 2.05) is 0 Å². The number of carbonyl (C=O) groups excluding carboxylic acids is 1. The van der Waals surface area contributed by atoms with Gasteiger partial charge in [-0.05, 0) is 43.9 Å². The molecule has 18 heavy (non-hydrogen) atoms. The Kier molecular flexibility index (Phi) is 3.97. The van der Waals surface area contributed by atoms with Crippen molar-refractivity contribution in [3.63, 3.8) is 0 Å². The molecule has 2 aliphatic rings. The molecule has 4 nitrogen and oxygen atoms in total. The molecular formula is C14H27N3O. The molecule has 4 atom stereocenters. The zero-order chi connectivity index (χ0) is 13.3. The predicted octanol–water partition coefficient (Wildman–Crippen LogP) is 1.09. The Balaban J connectivity index is 2.02. The molecule has 4 heteroatoms. The van der Waals surface area contributed by atoms with Crippen molar-refractivity contribution in [3.05, 3.63) is 0 Å². The lowest BCUT2D eigenvalue weighted by molar-refractivity contribution is -0.125. The average Bonchev–Trinajstić information content (AvgIpc) is 2.27.